The zero-order valence-corrected chi connectivity index (χ0v) is 12.0. The van der Waals surface area contributed by atoms with Gasteiger partial charge in [0.25, 0.3) is 0 Å². The van der Waals surface area contributed by atoms with Crippen molar-refractivity contribution in [1.29, 1.82) is 10.5 Å². The number of nitrogens with two attached hydrogens (primary N) is 1. The fourth-order valence-corrected chi connectivity index (χ4v) is 1.97. The topological polar surface area (TPSA) is 130 Å². The van der Waals surface area contributed by atoms with Gasteiger partial charge in [0.15, 0.2) is 5.78 Å². The van der Waals surface area contributed by atoms with Crippen LogP contribution in [0.4, 0.5) is 5.82 Å². The van der Waals surface area contributed by atoms with Crippen molar-refractivity contribution in [3.05, 3.63) is 52.6 Å². The van der Waals surface area contributed by atoms with E-state index in [2.05, 4.69) is 4.98 Å². The van der Waals surface area contributed by atoms with Crippen LogP contribution in [0.1, 0.15) is 34.0 Å². The Labute approximate surface area is 131 Å². The molecule has 0 radical (unpaired) electrons. The van der Waals surface area contributed by atoms with Crippen LogP contribution in [0.25, 0.3) is 0 Å². The van der Waals surface area contributed by atoms with Crippen LogP contribution in [0.2, 0.25) is 0 Å². The molecule has 0 fully saturated rings. The molecule has 23 heavy (non-hydrogen) atoms. The second kappa shape index (κ2) is 6.37. The molecular weight excluding hydrogens is 296 g/mol. The molecule has 0 aliphatic heterocycles. The van der Waals surface area contributed by atoms with E-state index in [-0.39, 0.29) is 28.1 Å². The number of benzene rings is 1. The largest absolute Gasteiger partial charge is 0.406 e. The van der Waals surface area contributed by atoms with E-state index in [4.69, 9.17) is 10.5 Å². The summed E-state index contributed by atoms with van der Waals surface area (Å²) in [6, 6.07) is 11.6. The average Bonchev–Trinajstić information content (AvgIpc) is 2.54. The second-order valence-electron chi connectivity index (χ2n) is 4.44. The third-order valence-electron chi connectivity index (χ3n) is 2.92. The highest BCUT2D eigenvalue weighted by molar-refractivity contribution is 6.13. The van der Waals surface area contributed by atoms with Crippen LogP contribution in [0.15, 0.2) is 30.3 Å². The molecule has 0 bridgehead atoms. The van der Waals surface area contributed by atoms with E-state index in [1.807, 2.05) is 0 Å². The number of esters is 1. The minimum absolute atomic E-state index is 0.230. The summed E-state index contributed by atoms with van der Waals surface area (Å²) in [6.07, 6.45) is 0. The number of hydrogen-bond acceptors (Lipinski definition) is 7. The predicted molar refractivity (Wildman–Crippen MR) is 79.3 cm³/mol. The van der Waals surface area contributed by atoms with Gasteiger partial charge < -0.3 is 10.5 Å². The highest BCUT2D eigenvalue weighted by atomic mass is 16.5. The highest BCUT2D eigenvalue weighted by Crippen LogP contribution is 2.28. The van der Waals surface area contributed by atoms with Crippen molar-refractivity contribution in [2.45, 2.75) is 6.92 Å². The number of nitrogens with zero attached hydrogens (tertiary/aromatic N) is 3. The SMILES string of the molecule is CC(=O)Oc1nc(N)c(C#N)c(C(=O)c2ccccc2)c1C#N. The maximum Gasteiger partial charge on any atom is 0.309 e. The Bertz CT molecular complexity index is 877. The van der Waals surface area contributed by atoms with Crippen molar-refractivity contribution in [2.75, 3.05) is 5.73 Å². The lowest BCUT2D eigenvalue weighted by molar-refractivity contribution is -0.132. The molecule has 1 heterocycles. The fraction of sp³-hybridized carbons (Fsp3) is 0.0625. The number of pyridine rings is 1. The standard InChI is InChI=1S/C16H10N4O3/c1-9(21)23-16-12(8-18)13(11(7-17)15(19)20-16)14(22)10-5-3-2-4-6-10/h2-6H,1H3,(H2,19,20). The Morgan fingerprint density at radius 1 is 1.13 bits per heavy atom. The summed E-state index contributed by atoms with van der Waals surface area (Å²) in [5.41, 5.74) is 5.16. The third kappa shape index (κ3) is 2.99. The first-order chi connectivity index (χ1) is 11.0. The van der Waals surface area contributed by atoms with Crippen LogP contribution in [0, 0.1) is 22.7 Å². The Morgan fingerprint density at radius 2 is 1.74 bits per heavy atom. The molecule has 0 saturated carbocycles. The first-order valence-electron chi connectivity index (χ1n) is 6.41. The lowest BCUT2D eigenvalue weighted by Gasteiger charge is -2.11. The Kier molecular flexibility index (Phi) is 4.34. The molecule has 1 aromatic heterocycles. The summed E-state index contributed by atoms with van der Waals surface area (Å²) in [7, 11) is 0. The van der Waals surface area contributed by atoms with Gasteiger partial charge in [-0.1, -0.05) is 30.3 Å². The number of anilines is 1. The molecule has 0 unspecified atom stereocenters. The molecule has 2 N–H and O–H groups in total. The molecule has 7 heteroatoms. The van der Waals surface area contributed by atoms with Gasteiger partial charge in [-0.25, -0.2) is 0 Å². The molecule has 0 spiro atoms. The number of nitrogen functional groups attached to an aromatic ring is 1. The van der Waals surface area contributed by atoms with Gasteiger partial charge >= 0.3 is 5.97 Å². The van der Waals surface area contributed by atoms with Crippen LogP contribution >= 0.6 is 0 Å². The van der Waals surface area contributed by atoms with Crippen LogP contribution in [-0.4, -0.2) is 16.7 Å². The van der Waals surface area contributed by atoms with E-state index in [9.17, 15) is 20.1 Å². The normalized spacial score (nSPS) is 9.52. The number of aromatic nitrogens is 1. The zero-order valence-electron chi connectivity index (χ0n) is 12.0. The van der Waals surface area contributed by atoms with E-state index in [1.165, 1.54) is 12.1 Å². The minimum Gasteiger partial charge on any atom is -0.406 e. The maximum absolute atomic E-state index is 12.7. The van der Waals surface area contributed by atoms with E-state index >= 15 is 0 Å². The summed E-state index contributed by atoms with van der Waals surface area (Å²) in [6.45, 7) is 1.12. The van der Waals surface area contributed by atoms with Gasteiger partial charge in [-0.3, -0.25) is 9.59 Å². The maximum atomic E-state index is 12.7. The van der Waals surface area contributed by atoms with Gasteiger partial charge in [0.1, 0.15) is 29.1 Å². The molecule has 2 aromatic rings. The van der Waals surface area contributed by atoms with Crippen LogP contribution < -0.4 is 10.5 Å². The van der Waals surface area contributed by atoms with Crippen molar-refractivity contribution in [1.82, 2.24) is 4.98 Å². The predicted octanol–water partition coefficient (Wildman–Crippen LogP) is 1.56. The van der Waals surface area contributed by atoms with E-state index in [1.54, 1.807) is 30.3 Å². The monoisotopic (exact) mass is 306 g/mol. The number of ether oxygens (including phenoxy) is 1. The number of nitriles is 2. The molecule has 0 aliphatic rings. The molecule has 0 saturated heterocycles. The third-order valence-corrected chi connectivity index (χ3v) is 2.92. The summed E-state index contributed by atoms with van der Waals surface area (Å²) >= 11 is 0. The van der Waals surface area contributed by atoms with Crippen molar-refractivity contribution in [2.24, 2.45) is 0 Å². The molecular formula is C16H10N4O3. The Balaban J connectivity index is 2.77. The molecule has 7 nitrogen and oxygen atoms in total. The van der Waals surface area contributed by atoms with Crippen molar-refractivity contribution >= 4 is 17.6 Å². The Morgan fingerprint density at radius 3 is 2.26 bits per heavy atom. The van der Waals surface area contributed by atoms with E-state index in [0.717, 1.165) is 6.92 Å². The molecule has 2 rings (SSSR count). The van der Waals surface area contributed by atoms with Crippen molar-refractivity contribution in [3.63, 3.8) is 0 Å². The van der Waals surface area contributed by atoms with Gasteiger partial charge in [0, 0.05) is 12.5 Å². The quantitative estimate of drug-likeness (QED) is 0.672. The van der Waals surface area contributed by atoms with E-state index in [0.29, 0.717) is 0 Å². The Hall–Kier alpha value is -3.71. The van der Waals surface area contributed by atoms with Gasteiger partial charge in [0.05, 0.1) is 5.56 Å². The van der Waals surface area contributed by atoms with Gasteiger partial charge in [-0.15, -0.1) is 0 Å². The molecule has 0 atom stereocenters. The minimum atomic E-state index is -0.726. The number of carbonyl (C=O) groups excluding carboxylic acids is 2. The summed E-state index contributed by atoms with van der Waals surface area (Å²) in [5.74, 6) is -1.99. The smallest absolute Gasteiger partial charge is 0.309 e. The van der Waals surface area contributed by atoms with Gasteiger partial charge in [0.2, 0.25) is 5.88 Å². The summed E-state index contributed by atoms with van der Waals surface area (Å²) in [5, 5.41) is 18.6. The average molecular weight is 306 g/mol. The summed E-state index contributed by atoms with van der Waals surface area (Å²) < 4.78 is 4.83. The van der Waals surface area contributed by atoms with E-state index < -0.39 is 17.6 Å². The first-order valence-corrected chi connectivity index (χ1v) is 6.41. The van der Waals surface area contributed by atoms with Crippen LogP contribution in [0.5, 0.6) is 5.88 Å². The van der Waals surface area contributed by atoms with Crippen molar-refractivity contribution < 1.29 is 14.3 Å². The lowest BCUT2D eigenvalue weighted by Crippen LogP contribution is -2.14. The number of ketones is 1. The number of carbonyl (C=O) groups is 2. The lowest BCUT2D eigenvalue weighted by atomic mass is 9.95. The number of rotatable bonds is 3. The first kappa shape index (κ1) is 15.7. The second-order valence-corrected chi connectivity index (χ2v) is 4.44. The molecule has 112 valence electrons. The van der Waals surface area contributed by atoms with Crippen molar-refractivity contribution in [3.8, 4) is 18.0 Å². The van der Waals surface area contributed by atoms with Crippen LogP contribution in [0.3, 0.4) is 0 Å². The molecule has 0 aliphatic carbocycles. The fourth-order valence-electron chi connectivity index (χ4n) is 1.97. The number of hydrogen-bond donors (Lipinski definition) is 1. The zero-order chi connectivity index (χ0) is 17.0. The molecule has 0 amide bonds. The highest BCUT2D eigenvalue weighted by Gasteiger charge is 2.26. The van der Waals surface area contributed by atoms with Gasteiger partial charge in [-0.2, -0.15) is 15.5 Å². The summed E-state index contributed by atoms with van der Waals surface area (Å²) in [4.78, 5) is 27.5. The van der Waals surface area contributed by atoms with Gasteiger partial charge in [-0.05, 0) is 0 Å². The molecule has 1 aromatic carbocycles. The van der Waals surface area contributed by atoms with Crippen LogP contribution in [-0.2, 0) is 4.79 Å².